The molecule has 0 unspecified atom stereocenters. The number of hydrogen-bond donors (Lipinski definition) is 1. The SMILES string of the molecule is CC(=O)c1ccc(NC(=O)CCn2cnc3sc4c(c3c2=O)CCC4)cc1. The van der Waals surface area contributed by atoms with Gasteiger partial charge in [0.25, 0.3) is 5.56 Å². The smallest absolute Gasteiger partial charge is 0.262 e. The van der Waals surface area contributed by atoms with Crippen molar-refractivity contribution in [3.8, 4) is 0 Å². The summed E-state index contributed by atoms with van der Waals surface area (Å²) in [5.74, 6) is -0.205. The number of nitrogens with zero attached hydrogens (tertiary/aromatic N) is 2. The fourth-order valence-electron chi connectivity index (χ4n) is 3.41. The average molecular weight is 381 g/mol. The Hall–Kier alpha value is -2.80. The van der Waals surface area contributed by atoms with Gasteiger partial charge in [0, 0.05) is 29.1 Å². The highest BCUT2D eigenvalue weighted by atomic mass is 32.1. The van der Waals surface area contributed by atoms with E-state index in [1.54, 1.807) is 35.6 Å². The minimum absolute atomic E-state index is 0.0185. The molecule has 138 valence electrons. The first-order chi connectivity index (χ1) is 13.0. The molecule has 1 N–H and O–H groups in total. The topological polar surface area (TPSA) is 81.1 Å². The second kappa shape index (κ2) is 7.08. The van der Waals surface area contributed by atoms with Crippen LogP contribution in [0.4, 0.5) is 5.69 Å². The molecule has 3 aromatic rings. The molecule has 4 rings (SSSR count). The normalized spacial score (nSPS) is 12.9. The van der Waals surface area contributed by atoms with Crippen LogP contribution in [-0.2, 0) is 24.2 Å². The largest absolute Gasteiger partial charge is 0.326 e. The van der Waals surface area contributed by atoms with E-state index in [9.17, 15) is 14.4 Å². The molecule has 0 bridgehead atoms. The first kappa shape index (κ1) is 17.6. The third-order valence-corrected chi connectivity index (χ3v) is 6.05. The van der Waals surface area contributed by atoms with Gasteiger partial charge in [0.15, 0.2) is 5.78 Å². The summed E-state index contributed by atoms with van der Waals surface area (Å²) in [5, 5.41) is 3.52. The van der Waals surface area contributed by atoms with Crippen molar-refractivity contribution in [3.05, 3.63) is 57.0 Å². The van der Waals surface area contributed by atoms with Crippen molar-refractivity contribution in [2.45, 2.75) is 39.2 Å². The molecule has 2 aromatic heterocycles. The quantitative estimate of drug-likeness (QED) is 0.688. The second-order valence-corrected chi connectivity index (χ2v) is 7.80. The van der Waals surface area contributed by atoms with Crippen LogP contribution in [0.5, 0.6) is 0 Å². The van der Waals surface area contributed by atoms with Crippen LogP contribution in [0, 0.1) is 0 Å². The van der Waals surface area contributed by atoms with Crippen molar-refractivity contribution in [2.24, 2.45) is 0 Å². The van der Waals surface area contributed by atoms with Gasteiger partial charge in [0.1, 0.15) is 4.83 Å². The highest BCUT2D eigenvalue weighted by molar-refractivity contribution is 7.18. The van der Waals surface area contributed by atoms with E-state index in [0.717, 1.165) is 35.0 Å². The Kier molecular flexibility index (Phi) is 4.61. The lowest BCUT2D eigenvalue weighted by Crippen LogP contribution is -2.23. The molecule has 0 fully saturated rings. The summed E-state index contributed by atoms with van der Waals surface area (Å²) in [6.45, 7) is 1.78. The van der Waals surface area contributed by atoms with Crippen molar-refractivity contribution in [1.29, 1.82) is 0 Å². The number of thiophene rings is 1. The number of carbonyl (C=O) groups is 2. The first-order valence-electron chi connectivity index (χ1n) is 8.93. The van der Waals surface area contributed by atoms with Gasteiger partial charge in [-0.25, -0.2) is 4.98 Å². The zero-order valence-corrected chi connectivity index (χ0v) is 15.8. The van der Waals surface area contributed by atoms with Gasteiger partial charge < -0.3 is 5.32 Å². The van der Waals surface area contributed by atoms with Gasteiger partial charge >= 0.3 is 0 Å². The van der Waals surface area contributed by atoms with Gasteiger partial charge in [-0.2, -0.15) is 0 Å². The average Bonchev–Trinajstić information content (AvgIpc) is 3.22. The van der Waals surface area contributed by atoms with Crippen molar-refractivity contribution < 1.29 is 9.59 Å². The number of aromatic nitrogens is 2. The molecule has 2 heterocycles. The molecule has 1 aliphatic carbocycles. The highest BCUT2D eigenvalue weighted by Gasteiger charge is 2.21. The number of aryl methyl sites for hydroxylation is 3. The fraction of sp³-hybridized carbons (Fsp3) is 0.300. The molecule has 0 saturated carbocycles. The summed E-state index contributed by atoms with van der Waals surface area (Å²) in [6, 6.07) is 6.75. The lowest BCUT2D eigenvalue weighted by Gasteiger charge is -2.08. The van der Waals surface area contributed by atoms with Crippen molar-refractivity contribution >= 4 is 38.9 Å². The minimum atomic E-state index is -0.187. The molecule has 1 aromatic carbocycles. The van der Waals surface area contributed by atoms with Crippen LogP contribution in [0.3, 0.4) is 0 Å². The number of rotatable bonds is 5. The number of ketones is 1. The third kappa shape index (κ3) is 3.42. The van der Waals surface area contributed by atoms with Gasteiger partial charge in [-0.05, 0) is 56.0 Å². The van der Waals surface area contributed by atoms with Gasteiger partial charge in [0.2, 0.25) is 5.91 Å². The Morgan fingerprint density at radius 3 is 2.74 bits per heavy atom. The second-order valence-electron chi connectivity index (χ2n) is 6.71. The van der Waals surface area contributed by atoms with Crippen molar-refractivity contribution in [3.63, 3.8) is 0 Å². The Bertz CT molecular complexity index is 1100. The van der Waals surface area contributed by atoms with Crippen LogP contribution in [0.2, 0.25) is 0 Å². The Labute approximate surface area is 159 Å². The number of nitrogens with one attached hydrogen (secondary N) is 1. The molecule has 0 atom stereocenters. The summed E-state index contributed by atoms with van der Waals surface area (Å²) < 4.78 is 1.52. The maximum Gasteiger partial charge on any atom is 0.262 e. The number of hydrogen-bond acceptors (Lipinski definition) is 5. The zero-order valence-electron chi connectivity index (χ0n) is 14.9. The molecule has 27 heavy (non-hydrogen) atoms. The maximum atomic E-state index is 12.8. The van der Waals surface area contributed by atoms with Gasteiger partial charge in [-0.1, -0.05) is 0 Å². The first-order valence-corrected chi connectivity index (χ1v) is 9.75. The number of carbonyl (C=O) groups excluding carboxylic acids is 2. The Morgan fingerprint density at radius 1 is 1.22 bits per heavy atom. The van der Waals surface area contributed by atoms with Crippen LogP contribution < -0.4 is 10.9 Å². The summed E-state index contributed by atoms with van der Waals surface area (Å²) >= 11 is 1.61. The molecule has 1 amide bonds. The molecule has 0 aliphatic heterocycles. The fourth-order valence-corrected chi connectivity index (χ4v) is 4.63. The molecular weight excluding hydrogens is 362 g/mol. The van der Waals surface area contributed by atoms with Crippen LogP contribution in [-0.4, -0.2) is 21.2 Å². The Morgan fingerprint density at radius 2 is 2.00 bits per heavy atom. The van der Waals surface area contributed by atoms with Crippen LogP contribution in [0.25, 0.3) is 10.2 Å². The van der Waals surface area contributed by atoms with E-state index >= 15 is 0 Å². The van der Waals surface area contributed by atoms with E-state index in [2.05, 4.69) is 10.3 Å². The number of benzene rings is 1. The van der Waals surface area contributed by atoms with E-state index in [1.807, 2.05) is 0 Å². The van der Waals surface area contributed by atoms with E-state index in [1.165, 1.54) is 22.7 Å². The van der Waals surface area contributed by atoms with Gasteiger partial charge in [-0.3, -0.25) is 19.0 Å². The van der Waals surface area contributed by atoms with Crippen LogP contribution in [0.15, 0.2) is 35.4 Å². The molecule has 7 heteroatoms. The lowest BCUT2D eigenvalue weighted by atomic mass is 10.1. The summed E-state index contributed by atoms with van der Waals surface area (Å²) in [4.78, 5) is 42.8. The predicted molar refractivity (Wildman–Crippen MR) is 106 cm³/mol. The maximum absolute atomic E-state index is 12.8. The highest BCUT2D eigenvalue weighted by Crippen LogP contribution is 2.34. The molecule has 0 spiro atoms. The van der Waals surface area contributed by atoms with Crippen molar-refractivity contribution in [1.82, 2.24) is 9.55 Å². The van der Waals surface area contributed by atoms with E-state index in [0.29, 0.717) is 11.3 Å². The molecule has 1 aliphatic rings. The number of Topliss-reactive ketones (excluding diaryl/α,β-unsaturated/α-hetero) is 1. The van der Waals surface area contributed by atoms with E-state index in [-0.39, 0.29) is 30.2 Å². The standard InChI is InChI=1S/C20H19N3O3S/c1-12(24)13-5-7-14(8-6-13)22-17(25)9-10-23-11-21-19-18(20(23)26)15-3-2-4-16(15)27-19/h5-8,11H,2-4,9-10H2,1H3,(H,22,25). The van der Waals surface area contributed by atoms with Crippen LogP contribution in [0.1, 0.15) is 40.6 Å². The monoisotopic (exact) mass is 381 g/mol. The Balaban J connectivity index is 1.45. The number of fused-ring (bicyclic) bond motifs is 3. The summed E-state index contributed by atoms with van der Waals surface area (Å²) in [7, 11) is 0. The lowest BCUT2D eigenvalue weighted by molar-refractivity contribution is -0.116. The minimum Gasteiger partial charge on any atom is -0.326 e. The number of anilines is 1. The van der Waals surface area contributed by atoms with E-state index < -0.39 is 0 Å². The van der Waals surface area contributed by atoms with Gasteiger partial charge in [0.05, 0.1) is 11.7 Å². The van der Waals surface area contributed by atoms with Gasteiger partial charge in [-0.15, -0.1) is 11.3 Å². The zero-order chi connectivity index (χ0) is 19.0. The molecule has 0 saturated heterocycles. The van der Waals surface area contributed by atoms with Crippen molar-refractivity contribution in [2.75, 3.05) is 5.32 Å². The summed E-state index contributed by atoms with van der Waals surface area (Å²) in [6.07, 6.45) is 4.77. The molecule has 0 radical (unpaired) electrons. The predicted octanol–water partition coefficient (Wildman–Crippen LogP) is 3.18. The molecule has 6 nitrogen and oxygen atoms in total. The van der Waals surface area contributed by atoms with E-state index in [4.69, 9.17) is 0 Å². The third-order valence-electron chi connectivity index (χ3n) is 4.85. The van der Waals surface area contributed by atoms with Crippen LogP contribution >= 0.6 is 11.3 Å². The number of amides is 1. The summed E-state index contributed by atoms with van der Waals surface area (Å²) in [5.41, 5.74) is 2.32. The molecular formula is C20H19N3O3S.